The van der Waals surface area contributed by atoms with E-state index in [1.54, 1.807) is 12.1 Å². The fourth-order valence-electron chi connectivity index (χ4n) is 2.94. The third-order valence-electron chi connectivity index (χ3n) is 4.50. The van der Waals surface area contributed by atoms with Crippen molar-refractivity contribution in [3.63, 3.8) is 0 Å². The van der Waals surface area contributed by atoms with Crippen molar-refractivity contribution in [2.45, 2.75) is 10.1 Å². The first-order valence-corrected chi connectivity index (χ1v) is 11.5. The van der Waals surface area contributed by atoms with Crippen LogP contribution in [-0.4, -0.2) is 35.8 Å². The number of rotatable bonds is 8. The highest BCUT2D eigenvalue weighted by Gasteiger charge is 2.11. The van der Waals surface area contributed by atoms with Gasteiger partial charge in [0.2, 0.25) is 5.13 Å². The van der Waals surface area contributed by atoms with Crippen LogP contribution in [0.3, 0.4) is 0 Å². The van der Waals surface area contributed by atoms with Gasteiger partial charge in [-0.2, -0.15) is 0 Å². The summed E-state index contributed by atoms with van der Waals surface area (Å²) < 4.78 is 11.1. The molecular formula is C23H19N3O4S2. The summed E-state index contributed by atoms with van der Waals surface area (Å²) in [7, 11) is 1.35. The highest BCUT2D eigenvalue weighted by atomic mass is 32.2. The summed E-state index contributed by atoms with van der Waals surface area (Å²) in [5.41, 5.74) is 1.54. The van der Waals surface area contributed by atoms with Crippen LogP contribution in [0.25, 0.3) is 10.8 Å². The van der Waals surface area contributed by atoms with Crippen molar-refractivity contribution < 1.29 is 19.1 Å². The Bertz CT molecular complexity index is 1240. The molecule has 0 fully saturated rings. The molecule has 162 valence electrons. The van der Waals surface area contributed by atoms with Crippen molar-refractivity contribution >= 4 is 50.9 Å². The number of thioether (sulfide) groups is 1. The van der Waals surface area contributed by atoms with E-state index in [9.17, 15) is 9.59 Å². The third-order valence-corrected chi connectivity index (χ3v) is 6.54. The largest absolute Gasteiger partial charge is 0.483 e. The summed E-state index contributed by atoms with van der Waals surface area (Å²) >= 11 is 2.79. The number of aromatic nitrogens is 2. The Morgan fingerprint density at radius 2 is 1.78 bits per heavy atom. The van der Waals surface area contributed by atoms with E-state index < -0.39 is 0 Å². The van der Waals surface area contributed by atoms with Crippen molar-refractivity contribution in [1.29, 1.82) is 0 Å². The number of carbonyl (C=O) groups excluding carboxylic acids is 2. The van der Waals surface area contributed by atoms with Crippen molar-refractivity contribution in [1.82, 2.24) is 10.2 Å². The van der Waals surface area contributed by atoms with Gasteiger partial charge in [-0.15, -0.1) is 10.2 Å². The zero-order chi connectivity index (χ0) is 22.3. The van der Waals surface area contributed by atoms with E-state index in [4.69, 9.17) is 9.47 Å². The molecule has 0 radical (unpaired) electrons. The lowest BCUT2D eigenvalue weighted by Gasteiger charge is -2.08. The van der Waals surface area contributed by atoms with Gasteiger partial charge in [0.05, 0.1) is 12.7 Å². The van der Waals surface area contributed by atoms with Crippen LogP contribution < -0.4 is 10.1 Å². The molecule has 1 N–H and O–H groups in total. The van der Waals surface area contributed by atoms with E-state index in [1.807, 2.05) is 54.6 Å². The number of benzene rings is 3. The van der Waals surface area contributed by atoms with Crippen LogP contribution in [0.1, 0.15) is 15.9 Å². The van der Waals surface area contributed by atoms with Crippen molar-refractivity contribution in [3.05, 3.63) is 77.9 Å². The number of methoxy groups -OCH3 is 1. The number of anilines is 1. The van der Waals surface area contributed by atoms with Gasteiger partial charge in [0, 0.05) is 11.1 Å². The summed E-state index contributed by atoms with van der Waals surface area (Å²) in [6, 6.07) is 20.8. The van der Waals surface area contributed by atoms with E-state index in [-0.39, 0.29) is 18.5 Å². The van der Waals surface area contributed by atoms with Gasteiger partial charge in [-0.05, 0) is 29.1 Å². The van der Waals surface area contributed by atoms with Crippen LogP contribution in [-0.2, 0) is 15.3 Å². The minimum absolute atomic E-state index is 0.122. The van der Waals surface area contributed by atoms with E-state index in [0.717, 1.165) is 20.7 Å². The smallest absolute Gasteiger partial charge is 0.337 e. The zero-order valence-electron chi connectivity index (χ0n) is 17.1. The van der Waals surface area contributed by atoms with Gasteiger partial charge >= 0.3 is 5.97 Å². The summed E-state index contributed by atoms with van der Waals surface area (Å²) in [5.74, 6) is 0.654. The van der Waals surface area contributed by atoms with E-state index in [1.165, 1.54) is 30.2 Å². The normalized spacial score (nSPS) is 10.7. The average Bonchev–Trinajstić information content (AvgIpc) is 3.28. The quantitative estimate of drug-likeness (QED) is 0.227. The molecule has 1 aromatic heterocycles. The molecule has 4 rings (SSSR count). The topological polar surface area (TPSA) is 90.4 Å². The molecule has 0 bridgehead atoms. The minimum atomic E-state index is -0.363. The lowest BCUT2D eigenvalue weighted by Crippen LogP contribution is -2.20. The number of nitrogens with zero attached hydrogens (tertiary/aromatic N) is 2. The number of carbonyl (C=O) groups is 2. The second-order valence-corrected chi connectivity index (χ2v) is 8.86. The Kier molecular flexibility index (Phi) is 6.98. The number of fused-ring (bicyclic) bond motifs is 1. The third kappa shape index (κ3) is 5.43. The van der Waals surface area contributed by atoms with Crippen LogP contribution in [0.15, 0.2) is 71.1 Å². The second-order valence-electron chi connectivity index (χ2n) is 6.66. The van der Waals surface area contributed by atoms with Crippen molar-refractivity contribution in [3.8, 4) is 5.75 Å². The molecule has 1 heterocycles. The number of esters is 1. The van der Waals surface area contributed by atoms with Gasteiger partial charge in [-0.1, -0.05) is 71.6 Å². The van der Waals surface area contributed by atoms with E-state index in [0.29, 0.717) is 22.2 Å². The van der Waals surface area contributed by atoms with Crippen LogP contribution in [0, 0.1) is 0 Å². The molecule has 4 aromatic rings. The molecule has 9 heteroatoms. The Hall–Kier alpha value is -3.43. The van der Waals surface area contributed by atoms with Gasteiger partial charge in [-0.3, -0.25) is 10.1 Å². The van der Waals surface area contributed by atoms with Crippen molar-refractivity contribution in [2.24, 2.45) is 0 Å². The summed E-state index contributed by atoms with van der Waals surface area (Å²) in [6.45, 7) is -0.122. The standard InChI is InChI=1S/C23H19N3O4S2/c1-29-21(28)17-11-9-15(10-12-17)14-31-23-26-25-22(32-23)24-20(27)13-30-19-8-4-6-16-5-2-3-7-18(16)19/h2-12H,13-14H2,1H3,(H,24,25,27). The molecular weight excluding hydrogens is 446 g/mol. The maximum Gasteiger partial charge on any atom is 0.337 e. The molecule has 0 unspecified atom stereocenters. The average molecular weight is 466 g/mol. The van der Waals surface area contributed by atoms with Gasteiger partial charge in [0.1, 0.15) is 5.75 Å². The van der Waals surface area contributed by atoms with Gasteiger partial charge in [0.25, 0.3) is 5.91 Å². The Morgan fingerprint density at radius 3 is 2.59 bits per heavy atom. The molecule has 3 aromatic carbocycles. The fraction of sp³-hybridized carbons (Fsp3) is 0.130. The molecule has 0 atom stereocenters. The molecule has 0 spiro atoms. The minimum Gasteiger partial charge on any atom is -0.483 e. The lowest BCUT2D eigenvalue weighted by atomic mass is 10.1. The van der Waals surface area contributed by atoms with Gasteiger partial charge < -0.3 is 9.47 Å². The Labute approximate surface area is 192 Å². The van der Waals surface area contributed by atoms with Gasteiger partial charge in [-0.25, -0.2) is 4.79 Å². The monoisotopic (exact) mass is 465 g/mol. The lowest BCUT2D eigenvalue weighted by molar-refractivity contribution is -0.118. The second kappa shape index (κ2) is 10.3. The van der Waals surface area contributed by atoms with Crippen molar-refractivity contribution in [2.75, 3.05) is 19.0 Å². The number of hydrogen-bond donors (Lipinski definition) is 1. The fourth-order valence-corrected chi connectivity index (χ4v) is 4.66. The Balaban J connectivity index is 1.28. The predicted molar refractivity (Wildman–Crippen MR) is 125 cm³/mol. The number of amides is 1. The molecule has 7 nitrogen and oxygen atoms in total. The first kappa shape index (κ1) is 21.8. The van der Waals surface area contributed by atoms with Crippen LogP contribution in [0.5, 0.6) is 5.75 Å². The van der Waals surface area contributed by atoms with Crippen LogP contribution >= 0.6 is 23.1 Å². The molecule has 0 saturated carbocycles. The zero-order valence-corrected chi connectivity index (χ0v) is 18.7. The first-order valence-electron chi connectivity index (χ1n) is 9.66. The molecule has 0 aliphatic heterocycles. The molecule has 0 saturated heterocycles. The number of hydrogen-bond acceptors (Lipinski definition) is 8. The number of ether oxygens (including phenoxy) is 2. The van der Waals surface area contributed by atoms with Gasteiger partial charge in [0.15, 0.2) is 10.9 Å². The SMILES string of the molecule is COC(=O)c1ccc(CSc2nnc(NC(=O)COc3cccc4ccccc34)s2)cc1. The first-order chi connectivity index (χ1) is 15.6. The van der Waals surface area contributed by atoms with Crippen LogP contribution in [0.2, 0.25) is 0 Å². The summed E-state index contributed by atoms with van der Waals surface area (Å²) in [4.78, 5) is 23.8. The number of nitrogens with one attached hydrogen (secondary N) is 1. The predicted octanol–water partition coefficient (Wildman–Crippen LogP) is 4.79. The highest BCUT2D eigenvalue weighted by molar-refractivity contribution is 8.00. The van der Waals surface area contributed by atoms with E-state index in [2.05, 4.69) is 15.5 Å². The maximum absolute atomic E-state index is 12.3. The molecule has 0 aliphatic carbocycles. The summed E-state index contributed by atoms with van der Waals surface area (Å²) in [6.07, 6.45) is 0. The molecule has 32 heavy (non-hydrogen) atoms. The van der Waals surface area contributed by atoms with E-state index >= 15 is 0 Å². The Morgan fingerprint density at radius 1 is 1.00 bits per heavy atom. The molecule has 1 amide bonds. The summed E-state index contributed by atoms with van der Waals surface area (Å²) in [5, 5.41) is 13.3. The maximum atomic E-state index is 12.3. The van der Waals surface area contributed by atoms with Crippen LogP contribution in [0.4, 0.5) is 5.13 Å². The highest BCUT2D eigenvalue weighted by Crippen LogP contribution is 2.29. The molecule has 0 aliphatic rings.